The first-order chi connectivity index (χ1) is 11.2. The van der Waals surface area contributed by atoms with E-state index in [4.69, 9.17) is 4.74 Å². The number of ether oxygens (including phenoxy) is 1. The molecule has 0 unspecified atom stereocenters. The molecule has 138 valence electrons. The number of carbonyl (C=O) groups excluding carboxylic acids is 1. The molecule has 0 N–H and O–H groups in total. The molecule has 2 saturated heterocycles. The number of rotatable bonds is 4. The highest BCUT2D eigenvalue weighted by Gasteiger charge is 2.49. The molecule has 0 aromatic rings. The van der Waals surface area contributed by atoms with Crippen molar-refractivity contribution in [2.45, 2.75) is 44.3 Å². The van der Waals surface area contributed by atoms with Gasteiger partial charge in [-0.2, -0.15) is 4.31 Å². The molecule has 2 aliphatic heterocycles. The van der Waals surface area contributed by atoms with Crippen LogP contribution in [0.1, 0.15) is 32.1 Å². The van der Waals surface area contributed by atoms with Crippen LogP contribution in [0.15, 0.2) is 0 Å². The van der Waals surface area contributed by atoms with Gasteiger partial charge in [-0.25, -0.2) is 12.8 Å². The Kier molecular flexibility index (Phi) is 4.92. The Morgan fingerprint density at radius 2 is 1.92 bits per heavy atom. The minimum atomic E-state index is -3.26. The van der Waals surface area contributed by atoms with E-state index in [-0.39, 0.29) is 23.3 Å². The number of methoxy groups -OCH3 is 1. The summed E-state index contributed by atoms with van der Waals surface area (Å²) in [5.74, 6) is -0.0726. The Balaban J connectivity index is 1.61. The fraction of sp³-hybridized carbons (Fsp3) is 0.938. The second-order valence-electron chi connectivity index (χ2n) is 7.71. The highest BCUT2D eigenvalue weighted by atomic mass is 32.2. The van der Waals surface area contributed by atoms with Crippen LogP contribution in [-0.4, -0.2) is 75.4 Å². The number of sulfonamides is 1. The Morgan fingerprint density at radius 3 is 2.42 bits per heavy atom. The summed E-state index contributed by atoms with van der Waals surface area (Å²) in [6.07, 6.45) is 3.54. The lowest BCUT2D eigenvalue weighted by Gasteiger charge is -2.42. The summed E-state index contributed by atoms with van der Waals surface area (Å²) >= 11 is 0. The van der Waals surface area contributed by atoms with Crippen LogP contribution in [0.4, 0.5) is 4.39 Å². The van der Waals surface area contributed by atoms with Crippen molar-refractivity contribution in [1.82, 2.24) is 9.21 Å². The summed E-state index contributed by atoms with van der Waals surface area (Å²) in [7, 11) is -1.68. The molecule has 3 rings (SSSR count). The summed E-state index contributed by atoms with van der Waals surface area (Å²) in [5.41, 5.74) is -0.0642. The van der Waals surface area contributed by atoms with Gasteiger partial charge in [-0.1, -0.05) is 0 Å². The van der Waals surface area contributed by atoms with Crippen molar-refractivity contribution in [3.8, 4) is 0 Å². The zero-order chi connectivity index (χ0) is 17.5. The molecule has 0 aromatic heterocycles. The standard InChI is InChI=1S/C16H27FN2O4S/c1-23-10-14-9-16(11-19(14)24(2,21)22)3-5-18(6-4-16)15(20)12-7-13(17)8-12/h12-14H,3-11H2,1-2H3/t12?,13?,14-/m1/s1. The van der Waals surface area contributed by atoms with Crippen molar-refractivity contribution in [2.24, 2.45) is 11.3 Å². The van der Waals surface area contributed by atoms with Crippen LogP contribution in [0, 0.1) is 11.3 Å². The van der Waals surface area contributed by atoms with Crippen molar-refractivity contribution < 1.29 is 22.3 Å². The summed E-state index contributed by atoms with van der Waals surface area (Å²) in [5, 5.41) is 0. The first-order valence-corrected chi connectivity index (χ1v) is 10.5. The van der Waals surface area contributed by atoms with Gasteiger partial charge in [0.1, 0.15) is 6.17 Å². The van der Waals surface area contributed by atoms with Crippen molar-refractivity contribution in [3.63, 3.8) is 0 Å². The SMILES string of the molecule is COC[C@H]1CC2(CCN(C(=O)C3CC(F)C3)CC2)CN1S(C)(=O)=O. The number of alkyl halides is 1. The number of piperidine rings is 1. The molecule has 3 aliphatic rings. The highest BCUT2D eigenvalue weighted by Crippen LogP contribution is 2.45. The van der Waals surface area contributed by atoms with E-state index in [1.807, 2.05) is 4.90 Å². The van der Waals surface area contributed by atoms with Gasteiger partial charge >= 0.3 is 0 Å². The maximum Gasteiger partial charge on any atom is 0.225 e. The monoisotopic (exact) mass is 362 g/mol. The maximum absolute atomic E-state index is 13.0. The molecule has 0 bridgehead atoms. The molecule has 0 radical (unpaired) electrons. The van der Waals surface area contributed by atoms with Gasteiger partial charge in [-0.15, -0.1) is 0 Å². The van der Waals surface area contributed by atoms with Gasteiger partial charge in [0.25, 0.3) is 0 Å². The molecule has 1 atom stereocenters. The van der Waals surface area contributed by atoms with Crippen molar-refractivity contribution >= 4 is 15.9 Å². The predicted octanol–water partition coefficient (Wildman–Crippen LogP) is 1.02. The normalized spacial score (nSPS) is 33.6. The number of carbonyl (C=O) groups is 1. The minimum Gasteiger partial charge on any atom is -0.383 e. The second kappa shape index (κ2) is 6.53. The largest absolute Gasteiger partial charge is 0.383 e. The van der Waals surface area contributed by atoms with E-state index in [1.54, 1.807) is 11.4 Å². The molecular formula is C16H27FN2O4S. The molecule has 1 aliphatic carbocycles. The quantitative estimate of drug-likeness (QED) is 0.749. The van der Waals surface area contributed by atoms with E-state index in [1.165, 1.54) is 6.26 Å². The van der Waals surface area contributed by atoms with E-state index in [0.717, 1.165) is 19.3 Å². The number of hydrogen-bond donors (Lipinski definition) is 0. The van der Waals surface area contributed by atoms with Gasteiger partial charge in [0.15, 0.2) is 0 Å². The molecule has 0 aromatic carbocycles. The van der Waals surface area contributed by atoms with Gasteiger partial charge in [-0.05, 0) is 37.5 Å². The van der Waals surface area contributed by atoms with Gasteiger partial charge in [-0.3, -0.25) is 4.79 Å². The third-order valence-corrected chi connectivity index (χ3v) is 7.20. The number of likely N-dealkylation sites (tertiary alicyclic amines) is 1. The summed E-state index contributed by atoms with van der Waals surface area (Å²) in [6.45, 7) is 2.20. The third kappa shape index (κ3) is 3.46. The van der Waals surface area contributed by atoms with E-state index in [2.05, 4.69) is 0 Å². The van der Waals surface area contributed by atoms with Crippen LogP contribution in [-0.2, 0) is 19.6 Å². The van der Waals surface area contributed by atoms with Crippen molar-refractivity contribution in [2.75, 3.05) is 39.6 Å². The number of nitrogens with zero attached hydrogens (tertiary/aromatic N) is 2. The van der Waals surface area contributed by atoms with Crippen LogP contribution in [0.25, 0.3) is 0 Å². The van der Waals surface area contributed by atoms with Crippen LogP contribution >= 0.6 is 0 Å². The van der Waals surface area contributed by atoms with Gasteiger partial charge < -0.3 is 9.64 Å². The van der Waals surface area contributed by atoms with Crippen molar-refractivity contribution in [1.29, 1.82) is 0 Å². The topological polar surface area (TPSA) is 66.9 Å². The molecule has 24 heavy (non-hydrogen) atoms. The molecular weight excluding hydrogens is 335 g/mol. The molecule has 1 saturated carbocycles. The molecule has 1 amide bonds. The van der Waals surface area contributed by atoms with E-state index in [0.29, 0.717) is 39.1 Å². The summed E-state index contributed by atoms with van der Waals surface area (Å²) in [4.78, 5) is 14.2. The Hall–Kier alpha value is -0.730. The first-order valence-electron chi connectivity index (χ1n) is 8.63. The number of hydrogen-bond acceptors (Lipinski definition) is 4. The van der Waals surface area contributed by atoms with Gasteiger partial charge in [0.05, 0.1) is 12.9 Å². The van der Waals surface area contributed by atoms with E-state index < -0.39 is 16.2 Å². The molecule has 2 heterocycles. The lowest BCUT2D eigenvalue weighted by molar-refractivity contribution is -0.142. The molecule has 3 fully saturated rings. The Bertz CT molecular complexity index is 583. The first kappa shape index (κ1) is 18.1. The molecule has 6 nitrogen and oxygen atoms in total. The van der Waals surface area contributed by atoms with Crippen LogP contribution < -0.4 is 0 Å². The van der Waals surface area contributed by atoms with Crippen LogP contribution in [0.3, 0.4) is 0 Å². The average molecular weight is 362 g/mol. The van der Waals surface area contributed by atoms with Gasteiger partial charge in [0, 0.05) is 38.7 Å². The maximum atomic E-state index is 13.0. The Morgan fingerprint density at radius 1 is 1.29 bits per heavy atom. The van der Waals surface area contributed by atoms with Crippen LogP contribution in [0.2, 0.25) is 0 Å². The fourth-order valence-corrected chi connectivity index (χ4v) is 5.61. The van der Waals surface area contributed by atoms with E-state index in [9.17, 15) is 17.6 Å². The second-order valence-corrected chi connectivity index (χ2v) is 9.65. The average Bonchev–Trinajstić information content (AvgIpc) is 2.83. The van der Waals surface area contributed by atoms with E-state index >= 15 is 0 Å². The molecule has 8 heteroatoms. The Labute approximate surface area is 143 Å². The zero-order valence-corrected chi connectivity index (χ0v) is 15.2. The summed E-state index contributed by atoms with van der Waals surface area (Å²) in [6, 6.07) is -0.119. The molecule has 1 spiro atoms. The van der Waals surface area contributed by atoms with Crippen LogP contribution in [0.5, 0.6) is 0 Å². The van der Waals surface area contributed by atoms with Crippen molar-refractivity contribution in [3.05, 3.63) is 0 Å². The number of amides is 1. The third-order valence-electron chi connectivity index (χ3n) is 5.92. The zero-order valence-electron chi connectivity index (χ0n) is 14.4. The lowest BCUT2D eigenvalue weighted by atomic mass is 9.75. The number of halogens is 1. The minimum absolute atomic E-state index is 0.0642. The highest BCUT2D eigenvalue weighted by molar-refractivity contribution is 7.88. The lowest BCUT2D eigenvalue weighted by Crippen LogP contribution is -2.49. The fourth-order valence-electron chi connectivity index (χ4n) is 4.42. The summed E-state index contributed by atoms with van der Waals surface area (Å²) < 4.78 is 43.8. The smallest absolute Gasteiger partial charge is 0.225 e. The van der Waals surface area contributed by atoms with Gasteiger partial charge in [0.2, 0.25) is 15.9 Å². The predicted molar refractivity (Wildman–Crippen MR) is 87.7 cm³/mol.